The first-order chi connectivity index (χ1) is 31.7. The summed E-state index contributed by atoms with van der Waals surface area (Å²) in [6.07, 6.45) is 0. The van der Waals surface area contributed by atoms with Crippen LogP contribution in [0, 0.1) is 22.7 Å². The molecule has 4 nitrogen and oxygen atoms in total. The zero-order chi connectivity index (χ0) is 41.9. The highest BCUT2D eigenvalue weighted by atomic mass is 15.1. The van der Waals surface area contributed by atoms with E-state index in [-0.39, 0.29) is 23.7 Å². The first-order valence-electron chi connectivity index (χ1n) is 22.2. The zero-order valence-corrected chi connectivity index (χ0v) is 34.4. The molecule has 6 aliphatic rings. The summed E-state index contributed by atoms with van der Waals surface area (Å²) < 4.78 is 2.43. The molecule has 2 aromatic heterocycles. The molecular weight excluding hydrogens is 777 g/mol. The Hall–Kier alpha value is -8.44. The first-order valence-corrected chi connectivity index (χ1v) is 22.2. The van der Waals surface area contributed by atoms with Crippen molar-refractivity contribution in [3.05, 3.63) is 260 Å². The molecule has 9 aromatic carbocycles. The smallest absolute Gasteiger partial charge is 0.0995 e. The van der Waals surface area contributed by atoms with Crippen molar-refractivity contribution < 1.29 is 0 Å². The van der Waals surface area contributed by atoms with Gasteiger partial charge in [0.25, 0.3) is 0 Å². The van der Waals surface area contributed by atoms with Crippen molar-refractivity contribution in [2.24, 2.45) is 0 Å². The van der Waals surface area contributed by atoms with Gasteiger partial charge in [0.05, 0.1) is 39.8 Å². The molecule has 17 rings (SSSR count). The minimum Gasteiger partial charge on any atom is -0.310 e. The van der Waals surface area contributed by atoms with E-state index in [4.69, 9.17) is 0 Å². The van der Waals surface area contributed by atoms with Gasteiger partial charge in [-0.2, -0.15) is 10.5 Å². The maximum atomic E-state index is 11.3. The summed E-state index contributed by atoms with van der Waals surface area (Å²) in [7, 11) is 0. The largest absolute Gasteiger partial charge is 0.310 e. The number of anilines is 3. The third-order valence-electron chi connectivity index (χ3n) is 15.3. The standard InChI is InChI=1S/C60H34N4/c61-31-33-27-48-56(58-50(33)52-38-19-7-11-23-42(38)54(58)43-24-12-8-20-39(43)52)46-29-37(63(35-15-3-1-4-16-35)36-17-5-2-6-18-36)30-47-57-49(64(48)60(46)47)28-34(32-62)51-53-40-21-9-13-25-44(40)55(59(51)57)45-26-14-10-22-41(45)53/h1-30,52-55H. The van der Waals surface area contributed by atoms with E-state index in [0.29, 0.717) is 11.1 Å². The molecule has 4 bridgehead atoms. The van der Waals surface area contributed by atoms with Gasteiger partial charge < -0.3 is 9.30 Å². The fraction of sp³-hybridized carbons (Fsp3) is 0.0667. The van der Waals surface area contributed by atoms with E-state index >= 15 is 0 Å². The monoisotopic (exact) mass is 810 g/mol. The van der Waals surface area contributed by atoms with Crippen molar-refractivity contribution in [2.75, 3.05) is 4.90 Å². The third-order valence-corrected chi connectivity index (χ3v) is 15.3. The quantitative estimate of drug-likeness (QED) is 0.179. The number of fused-ring (bicyclic) bond motifs is 6. The van der Waals surface area contributed by atoms with Gasteiger partial charge in [-0.3, -0.25) is 0 Å². The van der Waals surface area contributed by atoms with Crippen LogP contribution in [0.5, 0.6) is 0 Å². The second kappa shape index (κ2) is 12.1. The number of rotatable bonds is 3. The average molecular weight is 811 g/mol. The number of hydrogen-bond acceptors (Lipinski definition) is 3. The molecule has 4 heteroatoms. The van der Waals surface area contributed by atoms with Gasteiger partial charge in [-0.15, -0.1) is 0 Å². The lowest BCUT2D eigenvalue weighted by molar-refractivity contribution is 0.758. The highest BCUT2D eigenvalue weighted by Gasteiger charge is 2.47. The van der Waals surface area contributed by atoms with Gasteiger partial charge in [0.2, 0.25) is 0 Å². The van der Waals surface area contributed by atoms with Crippen molar-refractivity contribution in [1.82, 2.24) is 4.40 Å². The van der Waals surface area contributed by atoms with Gasteiger partial charge in [-0.25, -0.2) is 0 Å². The molecular formula is C60H34N4. The Morgan fingerprint density at radius 1 is 0.359 bits per heavy atom. The van der Waals surface area contributed by atoms with E-state index in [1.165, 1.54) is 66.4 Å². The third kappa shape index (κ3) is 4.03. The highest BCUT2D eigenvalue weighted by Crippen LogP contribution is 2.62. The van der Waals surface area contributed by atoms with Crippen molar-refractivity contribution in [2.45, 2.75) is 23.7 Å². The number of nitriles is 2. The van der Waals surface area contributed by atoms with Gasteiger partial charge >= 0.3 is 0 Å². The molecule has 6 aliphatic carbocycles. The summed E-state index contributed by atoms with van der Waals surface area (Å²) in [5, 5.41) is 27.3. The van der Waals surface area contributed by atoms with Crippen molar-refractivity contribution in [3.8, 4) is 12.1 Å². The molecule has 0 unspecified atom stereocenters. The summed E-state index contributed by atoms with van der Waals surface area (Å²) in [6.45, 7) is 0. The first kappa shape index (κ1) is 34.2. The van der Waals surface area contributed by atoms with E-state index in [1.54, 1.807) is 0 Å². The lowest BCUT2D eigenvalue weighted by atomic mass is 9.59. The second-order valence-corrected chi connectivity index (χ2v) is 18.0. The Kier molecular flexibility index (Phi) is 6.48. The van der Waals surface area contributed by atoms with Gasteiger partial charge in [0.15, 0.2) is 0 Å². The van der Waals surface area contributed by atoms with Crippen LogP contribution in [0.4, 0.5) is 17.1 Å². The second-order valence-electron chi connectivity index (χ2n) is 18.0. The molecule has 0 amide bonds. The van der Waals surface area contributed by atoms with Gasteiger partial charge in [-0.05, 0) is 115 Å². The van der Waals surface area contributed by atoms with Gasteiger partial charge in [0, 0.05) is 62.3 Å². The van der Waals surface area contributed by atoms with Crippen LogP contribution in [-0.4, -0.2) is 4.40 Å². The number of aromatic nitrogens is 1. The highest BCUT2D eigenvalue weighted by molar-refractivity contribution is 6.27. The van der Waals surface area contributed by atoms with Gasteiger partial charge in [-0.1, -0.05) is 133 Å². The molecule has 0 N–H and O–H groups in total. The SMILES string of the molecule is N#Cc1cc2c(c3c1C1c4ccccc4C3c3ccccc31)c1cc(N(c3ccccc3)c3ccccc3)cc3c4c5c(c(C#N)cc4n2c13)C1c2ccccc2C5c2ccccc21. The number of nitrogens with zero attached hydrogens (tertiary/aromatic N) is 4. The van der Waals surface area contributed by atoms with E-state index in [9.17, 15) is 10.5 Å². The van der Waals surface area contributed by atoms with Crippen molar-refractivity contribution in [3.63, 3.8) is 0 Å². The fourth-order valence-electron chi connectivity index (χ4n) is 13.1. The molecule has 64 heavy (non-hydrogen) atoms. The normalized spacial score (nSPS) is 18.0. The van der Waals surface area contributed by atoms with Crippen molar-refractivity contribution in [1.29, 1.82) is 10.5 Å². The zero-order valence-electron chi connectivity index (χ0n) is 34.4. The molecule has 0 saturated carbocycles. The maximum absolute atomic E-state index is 11.3. The van der Waals surface area contributed by atoms with Crippen LogP contribution in [-0.2, 0) is 0 Å². The summed E-state index contributed by atoms with van der Waals surface area (Å²) in [4.78, 5) is 2.39. The summed E-state index contributed by atoms with van der Waals surface area (Å²) in [6, 6.07) is 71.5. The number of hydrogen-bond donors (Lipinski definition) is 0. The Balaban J connectivity index is 1.16. The fourth-order valence-corrected chi connectivity index (χ4v) is 13.1. The van der Waals surface area contributed by atoms with Crippen LogP contribution in [0.15, 0.2) is 182 Å². The predicted molar refractivity (Wildman–Crippen MR) is 255 cm³/mol. The average Bonchev–Trinajstić information content (AvgIpc) is 3.88. The van der Waals surface area contributed by atoms with Gasteiger partial charge in [0.1, 0.15) is 0 Å². The minimum atomic E-state index is -0.0548. The van der Waals surface area contributed by atoms with Crippen molar-refractivity contribution >= 4 is 55.2 Å². The topological polar surface area (TPSA) is 55.2 Å². The Morgan fingerprint density at radius 3 is 1.00 bits per heavy atom. The molecule has 0 fully saturated rings. The lowest BCUT2D eigenvalue weighted by Crippen LogP contribution is -2.28. The molecule has 0 radical (unpaired) electrons. The Morgan fingerprint density at radius 2 is 0.672 bits per heavy atom. The molecule has 2 heterocycles. The summed E-state index contributed by atoms with van der Waals surface area (Å²) >= 11 is 0. The van der Waals surface area contributed by atoms with E-state index in [0.717, 1.165) is 55.5 Å². The van der Waals surface area contributed by atoms with E-state index in [2.05, 4.69) is 203 Å². The summed E-state index contributed by atoms with van der Waals surface area (Å²) in [5.74, 6) is -0.203. The maximum Gasteiger partial charge on any atom is 0.0995 e. The lowest BCUT2D eigenvalue weighted by Gasteiger charge is -2.43. The molecule has 0 atom stereocenters. The van der Waals surface area contributed by atoms with Crippen LogP contribution >= 0.6 is 0 Å². The van der Waals surface area contributed by atoms with Crippen LogP contribution in [0.3, 0.4) is 0 Å². The molecule has 0 aliphatic heterocycles. The van der Waals surface area contributed by atoms with Crippen LogP contribution < -0.4 is 4.90 Å². The van der Waals surface area contributed by atoms with Crippen LogP contribution in [0.2, 0.25) is 0 Å². The van der Waals surface area contributed by atoms with Crippen LogP contribution in [0.25, 0.3) is 38.1 Å². The molecule has 0 spiro atoms. The molecule has 11 aromatic rings. The van der Waals surface area contributed by atoms with Crippen LogP contribution in [0.1, 0.15) is 102 Å². The number of para-hydroxylation sites is 2. The van der Waals surface area contributed by atoms with E-state index < -0.39 is 0 Å². The van der Waals surface area contributed by atoms with E-state index in [1.807, 2.05) is 0 Å². The summed E-state index contributed by atoms with van der Waals surface area (Å²) in [5.41, 5.74) is 22.9. The Labute approximate surface area is 369 Å². The Bertz CT molecular complexity index is 3610. The molecule has 294 valence electrons. The number of benzene rings is 9. The minimum absolute atomic E-state index is 0.0467. The predicted octanol–water partition coefficient (Wildman–Crippen LogP) is 14.0. The molecule has 0 saturated heterocycles.